The van der Waals surface area contributed by atoms with Crippen LogP contribution in [0.4, 0.5) is 0 Å². The minimum absolute atomic E-state index is 0.105. The summed E-state index contributed by atoms with van der Waals surface area (Å²) in [7, 11) is 0. The second-order valence-corrected chi connectivity index (χ2v) is 4.42. The molecule has 0 aliphatic rings. The SMILES string of the molecule is CC(C)CC(O)C(=O)OCc1ccc(O)cc1. The van der Waals surface area contributed by atoms with Crippen molar-refractivity contribution in [3.8, 4) is 5.75 Å². The number of phenols is 1. The van der Waals surface area contributed by atoms with E-state index in [2.05, 4.69) is 0 Å². The van der Waals surface area contributed by atoms with E-state index in [1.807, 2.05) is 13.8 Å². The molecule has 1 aromatic rings. The molecule has 0 fully saturated rings. The van der Waals surface area contributed by atoms with Gasteiger partial charge in [-0.3, -0.25) is 0 Å². The number of phenolic OH excluding ortho intramolecular Hbond substituents is 1. The molecule has 0 saturated carbocycles. The Labute approximate surface area is 101 Å². The molecule has 0 heterocycles. The molecule has 1 rings (SSSR count). The standard InChI is InChI=1S/C13H18O4/c1-9(2)7-12(15)13(16)17-8-10-3-5-11(14)6-4-10/h3-6,9,12,14-15H,7-8H2,1-2H3. The van der Waals surface area contributed by atoms with Gasteiger partial charge in [0, 0.05) is 0 Å². The minimum Gasteiger partial charge on any atom is -0.508 e. The van der Waals surface area contributed by atoms with E-state index in [4.69, 9.17) is 9.84 Å². The lowest BCUT2D eigenvalue weighted by atomic mass is 10.1. The molecule has 1 unspecified atom stereocenters. The summed E-state index contributed by atoms with van der Waals surface area (Å²) in [6.07, 6.45) is -0.666. The van der Waals surface area contributed by atoms with E-state index in [0.29, 0.717) is 6.42 Å². The van der Waals surface area contributed by atoms with E-state index in [0.717, 1.165) is 5.56 Å². The Morgan fingerprint density at radius 3 is 2.41 bits per heavy atom. The largest absolute Gasteiger partial charge is 0.508 e. The summed E-state index contributed by atoms with van der Waals surface area (Å²) in [6.45, 7) is 3.96. The van der Waals surface area contributed by atoms with Crippen molar-refractivity contribution in [1.29, 1.82) is 0 Å². The van der Waals surface area contributed by atoms with Gasteiger partial charge in [-0.15, -0.1) is 0 Å². The maximum absolute atomic E-state index is 11.4. The highest BCUT2D eigenvalue weighted by molar-refractivity contribution is 5.74. The van der Waals surface area contributed by atoms with Crippen LogP contribution in [-0.4, -0.2) is 22.3 Å². The summed E-state index contributed by atoms with van der Waals surface area (Å²) >= 11 is 0. The molecule has 1 aromatic carbocycles. The number of esters is 1. The molecule has 0 aliphatic carbocycles. The van der Waals surface area contributed by atoms with Crippen LogP contribution < -0.4 is 0 Å². The molecule has 17 heavy (non-hydrogen) atoms. The molecule has 0 amide bonds. The number of benzene rings is 1. The molecule has 2 N–H and O–H groups in total. The van der Waals surface area contributed by atoms with Crippen LogP contribution in [0.3, 0.4) is 0 Å². The van der Waals surface area contributed by atoms with Gasteiger partial charge in [-0.25, -0.2) is 4.79 Å². The lowest BCUT2D eigenvalue weighted by molar-refractivity contribution is -0.155. The maximum Gasteiger partial charge on any atom is 0.335 e. The number of hydrogen-bond donors (Lipinski definition) is 2. The highest BCUT2D eigenvalue weighted by Gasteiger charge is 2.17. The fourth-order valence-electron chi connectivity index (χ4n) is 1.39. The lowest BCUT2D eigenvalue weighted by Crippen LogP contribution is -2.24. The van der Waals surface area contributed by atoms with Crippen LogP contribution in [0, 0.1) is 5.92 Å². The molecule has 0 aliphatic heterocycles. The smallest absolute Gasteiger partial charge is 0.335 e. The zero-order chi connectivity index (χ0) is 12.8. The van der Waals surface area contributed by atoms with Crippen molar-refractivity contribution in [1.82, 2.24) is 0 Å². The van der Waals surface area contributed by atoms with E-state index < -0.39 is 12.1 Å². The van der Waals surface area contributed by atoms with Gasteiger partial charge in [-0.05, 0) is 30.0 Å². The monoisotopic (exact) mass is 238 g/mol. The van der Waals surface area contributed by atoms with Gasteiger partial charge in [-0.1, -0.05) is 26.0 Å². The molecule has 0 saturated heterocycles. The zero-order valence-electron chi connectivity index (χ0n) is 10.1. The van der Waals surface area contributed by atoms with Crippen LogP contribution in [0.15, 0.2) is 24.3 Å². The Kier molecular flexibility index (Phi) is 4.97. The predicted molar refractivity (Wildman–Crippen MR) is 63.4 cm³/mol. The normalized spacial score (nSPS) is 12.5. The van der Waals surface area contributed by atoms with Gasteiger partial charge in [0.2, 0.25) is 0 Å². The predicted octanol–water partition coefficient (Wildman–Crippen LogP) is 1.84. The first-order valence-corrected chi connectivity index (χ1v) is 5.61. The van der Waals surface area contributed by atoms with Gasteiger partial charge in [-0.2, -0.15) is 0 Å². The van der Waals surface area contributed by atoms with Gasteiger partial charge >= 0.3 is 5.97 Å². The van der Waals surface area contributed by atoms with Gasteiger partial charge in [0.25, 0.3) is 0 Å². The zero-order valence-corrected chi connectivity index (χ0v) is 10.1. The van der Waals surface area contributed by atoms with Crippen molar-refractivity contribution < 1.29 is 19.7 Å². The molecule has 0 radical (unpaired) electrons. The number of carbonyl (C=O) groups excluding carboxylic acids is 1. The number of ether oxygens (including phenoxy) is 1. The van der Waals surface area contributed by atoms with Gasteiger partial charge in [0.1, 0.15) is 12.4 Å². The van der Waals surface area contributed by atoms with E-state index >= 15 is 0 Å². The molecule has 94 valence electrons. The Bertz CT molecular complexity index is 356. The summed E-state index contributed by atoms with van der Waals surface area (Å²) in [6, 6.07) is 6.37. The molecule has 4 heteroatoms. The molecule has 0 bridgehead atoms. The molecular weight excluding hydrogens is 220 g/mol. The van der Waals surface area contributed by atoms with E-state index in [1.54, 1.807) is 12.1 Å². The summed E-state index contributed by atoms with van der Waals surface area (Å²) in [5, 5.41) is 18.6. The van der Waals surface area contributed by atoms with Crippen molar-refractivity contribution >= 4 is 5.97 Å². The first kappa shape index (κ1) is 13.5. The molecule has 0 spiro atoms. The summed E-state index contributed by atoms with van der Waals surface area (Å²) in [4.78, 5) is 11.4. The van der Waals surface area contributed by atoms with Crippen molar-refractivity contribution in [3.05, 3.63) is 29.8 Å². The quantitative estimate of drug-likeness (QED) is 0.768. The van der Waals surface area contributed by atoms with Crippen LogP contribution in [-0.2, 0) is 16.1 Å². The van der Waals surface area contributed by atoms with Gasteiger partial charge in [0.05, 0.1) is 0 Å². The molecule has 1 atom stereocenters. The maximum atomic E-state index is 11.4. The second kappa shape index (κ2) is 6.25. The first-order valence-electron chi connectivity index (χ1n) is 5.61. The summed E-state index contributed by atoms with van der Waals surface area (Å²) in [5.41, 5.74) is 0.771. The van der Waals surface area contributed by atoms with E-state index in [9.17, 15) is 9.90 Å². The Morgan fingerprint density at radius 2 is 1.88 bits per heavy atom. The number of hydrogen-bond acceptors (Lipinski definition) is 4. The van der Waals surface area contributed by atoms with Crippen molar-refractivity contribution in [2.75, 3.05) is 0 Å². The summed E-state index contributed by atoms with van der Waals surface area (Å²) in [5.74, 6) is -0.196. The molecule has 0 aromatic heterocycles. The Balaban J connectivity index is 2.40. The summed E-state index contributed by atoms with van der Waals surface area (Å²) < 4.78 is 4.96. The fourth-order valence-corrected chi connectivity index (χ4v) is 1.39. The minimum atomic E-state index is -1.06. The second-order valence-electron chi connectivity index (χ2n) is 4.42. The third-order valence-electron chi connectivity index (χ3n) is 2.28. The highest BCUT2D eigenvalue weighted by atomic mass is 16.5. The third-order valence-corrected chi connectivity index (χ3v) is 2.28. The molecule has 4 nitrogen and oxygen atoms in total. The average Bonchev–Trinajstić information content (AvgIpc) is 2.27. The van der Waals surface area contributed by atoms with Gasteiger partial charge in [0.15, 0.2) is 6.10 Å². The fraction of sp³-hybridized carbons (Fsp3) is 0.462. The number of aliphatic hydroxyl groups excluding tert-OH is 1. The number of aromatic hydroxyl groups is 1. The van der Waals surface area contributed by atoms with Crippen LogP contribution in [0.25, 0.3) is 0 Å². The highest BCUT2D eigenvalue weighted by Crippen LogP contribution is 2.11. The topological polar surface area (TPSA) is 66.8 Å². The molecular formula is C13H18O4. The third kappa shape index (κ3) is 4.87. The van der Waals surface area contributed by atoms with Crippen LogP contribution in [0.5, 0.6) is 5.75 Å². The van der Waals surface area contributed by atoms with Crippen LogP contribution in [0.1, 0.15) is 25.8 Å². The number of rotatable bonds is 5. The number of aliphatic hydroxyl groups is 1. The average molecular weight is 238 g/mol. The van der Waals surface area contributed by atoms with Crippen molar-refractivity contribution in [2.24, 2.45) is 5.92 Å². The van der Waals surface area contributed by atoms with Crippen LogP contribution in [0.2, 0.25) is 0 Å². The van der Waals surface area contributed by atoms with E-state index in [-0.39, 0.29) is 18.3 Å². The Morgan fingerprint density at radius 1 is 1.29 bits per heavy atom. The van der Waals surface area contributed by atoms with Gasteiger partial charge < -0.3 is 14.9 Å². The first-order chi connectivity index (χ1) is 7.99. The number of carbonyl (C=O) groups is 1. The van der Waals surface area contributed by atoms with Crippen molar-refractivity contribution in [3.63, 3.8) is 0 Å². The Hall–Kier alpha value is -1.55. The van der Waals surface area contributed by atoms with E-state index in [1.165, 1.54) is 12.1 Å². The van der Waals surface area contributed by atoms with Crippen LogP contribution >= 0.6 is 0 Å². The van der Waals surface area contributed by atoms with Crippen molar-refractivity contribution in [2.45, 2.75) is 33.0 Å². The lowest BCUT2D eigenvalue weighted by Gasteiger charge is -2.12.